The Morgan fingerprint density at radius 1 is 1.04 bits per heavy atom. The van der Waals surface area contributed by atoms with E-state index in [4.69, 9.17) is 4.74 Å². The number of nitrogens with zero attached hydrogens (tertiary/aromatic N) is 4. The molecule has 3 heterocycles. The Hall–Kier alpha value is -2.28. The van der Waals surface area contributed by atoms with Crippen LogP contribution in [0.1, 0.15) is 54.8 Å². The summed E-state index contributed by atoms with van der Waals surface area (Å²) in [6, 6.07) is 3.27. The third kappa shape index (κ3) is 3.04. The molecule has 0 bridgehead atoms. The summed E-state index contributed by atoms with van der Waals surface area (Å²) < 4.78 is 7.20. The Bertz CT molecular complexity index is 826. The van der Waals surface area contributed by atoms with E-state index in [0.717, 1.165) is 18.5 Å². The van der Waals surface area contributed by atoms with Crippen LogP contribution in [0.3, 0.4) is 0 Å². The Morgan fingerprint density at radius 2 is 1.80 bits per heavy atom. The fourth-order valence-electron chi connectivity index (χ4n) is 3.40. The highest BCUT2D eigenvalue weighted by Gasteiger charge is 2.33. The monoisotopic (exact) mass is 339 g/mol. The van der Waals surface area contributed by atoms with Crippen molar-refractivity contribution in [2.24, 2.45) is 0 Å². The van der Waals surface area contributed by atoms with Crippen LogP contribution in [0.5, 0.6) is 0 Å². The fourth-order valence-corrected chi connectivity index (χ4v) is 3.40. The lowest BCUT2D eigenvalue weighted by Crippen LogP contribution is -2.37. The molecule has 3 aliphatic rings. The van der Waals surface area contributed by atoms with E-state index in [2.05, 4.69) is 20.4 Å². The van der Waals surface area contributed by atoms with Gasteiger partial charge in [0.15, 0.2) is 0 Å². The van der Waals surface area contributed by atoms with Gasteiger partial charge in [-0.2, -0.15) is 5.10 Å². The summed E-state index contributed by atoms with van der Waals surface area (Å²) in [4.78, 5) is 21.2. The first-order valence-corrected chi connectivity index (χ1v) is 9.04. The molecular formula is C18H21N5O2. The Labute approximate surface area is 145 Å². The van der Waals surface area contributed by atoms with Gasteiger partial charge in [-0.1, -0.05) is 0 Å². The minimum Gasteiger partial charge on any atom is -0.377 e. The third-order valence-corrected chi connectivity index (χ3v) is 5.24. The van der Waals surface area contributed by atoms with Gasteiger partial charge in [-0.25, -0.2) is 14.6 Å². The van der Waals surface area contributed by atoms with Gasteiger partial charge in [-0.3, -0.25) is 4.79 Å². The van der Waals surface area contributed by atoms with Crippen LogP contribution in [0, 0.1) is 0 Å². The molecule has 0 radical (unpaired) electrons. The summed E-state index contributed by atoms with van der Waals surface area (Å²) >= 11 is 0. The molecule has 5 rings (SSSR count). The Balaban J connectivity index is 1.36. The largest absolute Gasteiger partial charge is 0.377 e. The number of nitrogens with one attached hydrogen (secondary N) is 1. The predicted molar refractivity (Wildman–Crippen MR) is 91.7 cm³/mol. The summed E-state index contributed by atoms with van der Waals surface area (Å²) in [5.41, 5.74) is 2.13. The maximum absolute atomic E-state index is 12.3. The highest BCUT2D eigenvalue weighted by Crippen LogP contribution is 2.39. The Morgan fingerprint density at radius 3 is 2.52 bits per heavy atom. The smallest absolute Gasteiger partial charge is 0.267 e. The molecule has 2 aliphatic carbocycles. The van der Waals surface area contributed by atoms with Crippen molar-refractivity contribution in [1.82, 2.24) is 19.7 Å². The first-order chi connectivity index (χ1) is 12.3. The number of anilines is 1. The first-order valence-electron chi connectivity index (χ1n) is 9.04. The normalized spacial score (nSPS) is 25.9. The lowest BCUT2D eigenvalue weighted by Gasteiger charge is -2.20. The quantitative estimate of drug-likeness (QED) is 0.895. The number of hydrogen-bond donors (Lipinski definition) is 1. The van der Waals surface area contributed by atoms with Gasteiger partial charge in [-0.15, -0.1) is 0 Å². The minimum atomic E-state index is -0.141. The fraction of sp³-hybridized carbons (Fsp3) is 0.556. The molecule has 0 spiro atoms. The van der Waals surface area contributed by atoms with E-state index in [9.17, 15) is 4.79 Å². The second kappa shape index (κ2) is 5.91. The molecule has 2 unspecified atom stereocenters. The van der Waals surface area contributed by atoms with Crippen LogP contribution in [0.15, 0.2) is 29.3 Å². The number of aromatic nitrogens is 4. The lowest BCUT2D eigenvalue weighted by molar-refractivity contribution is 0.182. The summed E-state index contributed by atoms with van der Waals surface area (Å²) in [5.74, 6) is 1.74. The van der Waals surface area contributed by atoms with Crippen LogP contribution in [-0.4, -0.2) is 39.0 Å². The van der Waals surface area contributed by atoms with Gasteiger partial charge >= 0.3 is 0 Å². The van der Waals surface area contributed by atoms with Gasteiger partial charge in [0.1, 0.15) is 6.04 Å². The van der Waals surface area contributed by atoms with Crippen LogP contribution in [0.25, 0.3) is 0 Å². The van der Waals surface area contributed by atoms with Crippen LogP contribution < -0.4 is 10.9 Å². The maximum Gasteiger partial charge on any atom is 0.267 e. The summed E-state index contributed by atoms with van der Waals surface area (Å²) in [6.07, 6.45) is 8.59. The standard InChI is InChI=1S/C18H21N5O2/c24-17-6-5-14(12-3-4-12)22-23(17)16-10-25-9-15(16)21-18-19-7-13(8-20-18)11-1-2-11/h5-8,11-12,15-16H,1-4,9-10H2,(H,19,20,21). The average Bonchev–Trinajstić information content (AvgIpc) is 3.54. The van der Waals surface area contributed by atoms with Crippen LogP contribution >= 0.6 is 0 Å². The molecule has 2 aromatic rings. The summed E-state index contributed by atoms with van der Waals surface area (Å²) in [6.45, 7) is 0.985. The zero-order valence-electron chi connectivity index (χ0n) is 14.0. The van der Waals surface area contributed by atoms with Crippen LogP contribution in [0.2, 0.25) is 0 Å². The van der Waals surface area contributed by atoms with Gasteiger partial charge in [0.05, 0.1) is 24.9 Å². The molecule has 1 aliphatic heterocycles. The zero-order valence-corrected chi connectivity index (χ0v) is 14.0. The average molecular weight is 339 g/mol. The van der Waals surface area contributed by atoms with E-state index in [1.165, 1.54) is 18.4 Å². The van der Waals surface area contributed by atoms with Crippen molar-refractivity contribution in [3.05, 3.63) is 46.1 Å². The molecule has 0 amide bonds. The molecule has 7 heteroatoms. The van der Waals surface area contributed by atoms with E-state index >= 15 is 0 Å². The SMILES string of the molecule is O=c1ccc(C2CC2)nn1C1COCC1Nc1ncc(C2CC2)cn1. The van der Waals surface area contributed by atoms with Crippen molar-refractivity contribution >= 4 is 5.95 Å². The number of ether oxygens (including phenoxy) is 1. The summed E-state index contributed by atoms with van der Waals surface area (Å²) in [7, 11) is 0. The molecule has 25 heavy (non-hydrogen) atoms. The van der Waals surface area contributed by atoms with E-state index < -0.39 is 0 Å². The highest BCUT2D eigenvalue weighted by atomic mass is 16.5. The van der Waals surface area contributed by atoms with Gasteiger partial charge in [0.2, 0.25) is 5.95 Å². The van der Waals surface area contributed by atoms with Crippen molar-refractivity contribution in [3.63, 3.8) is 0 Å². The Kier molecular flexibility index (Phi) is 3.55. The van der Waals surface area contributed by atoms with Crippen LogP contribution in [0.4, 0.5) is 5.95 Å². The zero-order chi connectivity index (χ0) is 16.8. The van der Waals surface area contributed by atoms with Gasteiger partial charge in [-0.05, 0) is 43.2 Å². The van der Waals surface area contributed by atoms with Gasteiger partial charge in [0.25, 0.3) is 5.56 Å². The molecule has 2 atom stereocenters. The van der Waals surface area contributed by atoms with E-state index in [0.29, 0.717) is 31.0 Å². The second-order valence-electron chi connectivity index (χ2n) is 7.29. The molecule has 7 nitrogen and oxygen atoms in total. The minimum absolute atomic E-state index is 0.0635. The van der Waals surface area contributed by atoms with Crippen molar-refractivity contribution in [2.45, 2.75) is 49.6 Å². The topological polar surface area (TPSA) is 81.9 Å². The molecule has 0 aromatic carbocycles. The number of hydrogen-bond acceptors (Lipinski definition) is 6. The van der Waals surface area contributed by atoms with Crippen molar-refractivity contribution in [1.29, 1.82) is 0 Å². The molecule has 2 aromatic heterocycles. The second-order valence-corrected chi connectivity index (χ2v) is 7.29. The van der Waals surface area contributed by atoms with Gasteiger partial charge in [0, 0.05) is 24.4 Å². The van der Waals surface area contributed by atoms with E-state index in [1.54, 1.807) is 10.7 Å². The third-order valence-electron chi connectivity index (χ3n) is 5.24. The van der Waals surface area contributed by atoms with Crippen molar-refractivity contribution in [3.8, 4) is 0 Å². The molecule has 2 saturated carbocycles. The highest BCUT2D eigenvalue weighted by molar-refractivity contribution is 5.30. The molecule has 1 N–H and O–H groups in total. The first kappa shape index (κ1) is 15.0. The predicted octanol–water partition coefficient (Wildman–Crippen LogP) is 1.84. The number of rotatable bonds is 5. The van der Waals surface area contributed by atoms with E-state index in [1.807, 2.05) is 18.5 Å². The lowest BCUT2D eigenvalue weighted by atomic mass is 10.1. The molecule has 130 valence electrons. The van der Waals surface area contributed by atoms with Crippen molar-refractivity contribution < 1.29 is 4.74 Å². The molecule has 3 fully saturated rings. The molecule has 1 saturated heterocycles. The van der Waals surface area contributed by atoms with Gasteiger partial charge < -0.3 is 10.1 Å². The van der Waals surface area contributed by atoms with E-state index in [-0.39, 0.29) is 17.6 Å². The molecular weight excluding hydrogens is 318 g/mol. The summed E-state index contributed by atoms with van der Waals surface area (Å²) in [5, 5.41) is 7.92. The van der Waals surface area contributed by atoms with Crippen LogP contribution in [-0.2, 0) is 4.74 Å². The van der Waals surface area contributed by atoms with Crippen molar-refractivity contribution in [2.75, 3.05) is 18.5 Å². The maximum atomic E-state index is 12.3.